The first-order valence-electron chi connectivity index (χ1n) is 6.71. The molecule has 0 fully saturated rings. The molecule has 2 rings (SSSR count). The number of para-hydroxylation sites is 1. The first kappa shape index (κ1) is 16.2. The molecule has 0 aliphatic rings. The number of rotatable bonds is 3. The van der Waals surface area contributed by atoms with Gasteiger partial charge >= 0.3 is 0 Å². The van der Waals surface area contributed by atoms with E-state index >= 15 is 0 Å². The van der Waals surface area contributed by atoms with Gasteiger partial charge in [0.2, 0.25) is 5.16 Å². The Morgan fingerprint density at radius 2 is 1.95 bits per heavy atom. The minimum absolute atomic E-state index is 0.100. The summed E-state index contributed by atoms with van der Waals surface area (Å²) in [4.78, 5) is 12.6. The summed E-state index contributed by atoms with van der Waals surface area (Å²) in [6.45, 7) is 5.69. The second-order valence-corrected chi connectivity index (χ2v) is 6.48. The van der Waals surface area contributed by atoms with E-state index in [-0.39, 0.29) is 11.3 Å². The highest BCUT2D eigenvalue weighted by Gasteiger charge is 2.23. The summed E-state index contributed by atoms with van der Waals surface area (Å²) >= 11 is 1.28. The van der Waals surface area contributed by atoms with Crippen molar-refractivity contribution in [3.05, 3.63) is 45.9 Å². The van der Waals surface area contributed by atoms with E-state index in [1.165, 1.54) is 22.7 Å². The van der Waals surface area contributed by atoms with Gasteiger partial charge in [0.25, 0.3) is 5.56 Å². The Kier molecular flexibility index (Phi) is 4.65. The van der Waals surface area contributed by atoms with Gasteiger partial charge in [0.1, 0.15) is 11.4 Å². The monoisotopic (exact) mass is 318 g/mol. The van der Waals surface area contributed by atoms with Gasteiger partial charge in [-0.1, -0.05) is 44.7 Å². The van der Waals surface area contributed by atoms with Crippen LogP contribution in [0.3, 0.4) is 0 Å². The maximum atomic E-state index is 12.6. The van der Waals surface area contributed by atoms with Crippen molar-refractivity contribution in [2.24, 2.45) is 5.10 Å². The zero-order valence-electron chi connectivity index (χ0n) is 12.9. The number of aromatic nitrogens is 3. The van der Waals surface area contributed by atoms with Crippen LogP contribution in [0.1, 0.15) is 32.0 Å². The number of aromatic hydroxyl groups is 1. The number of benzene rings is 1. The summed E-state index contributed by atoms with van der Waals surface area (Å²) in [7, 11) is 0. The minimum Gasteiger partial charge on any atom is -0.507 e. The average molecular weight is 318 g/mol. The predicted octanol–water partition coefficient (Wildman–Crippen LogP) is 2.25. The molecule has 1 N–H and O–H groups in total. The van der Waals surface area contributed by atoms with Crippen LogP contribution in [0.2, 0.25) is 0 Å². The molecule has 0 aliphatic heterocycles. The molecule has 116 valence electrons. The highest BCUT2D eigenvalue weighted by atomic mass is 32.2. The van der Waals surface area contributed by atoms with Gasteiger partial charge in [0.05, 0.1) is 6.21 Å². The van der Waals surface area contributed by atoms with Gasteiger partial charge in [-0.2, -0.15) is 9.78 Å². The highest BCUT2D eigenvalue weighted by molar-refractivity contribution is 7.98. The molecule has 0 atom stereocenters. The van der Waals surface area contributed by atoms with Crippen molar-refractivity contribution in [1.82, 2.24) is 14.9 Å². The van der Waals surface area contributed by atoms with Gasteiger partial charge in [0, 0.05) is 11.0 Å². The van der Waals surface area contributed by atoms with E-state index in [1.54, 1.807) is 30.5 Å². The van der Waals surface area contributed by atoms with E-state index in [1.807, 2.05) is 20.8 Å². The summed E-state index contributed by atoms with van der Waals surface area (Å²) in [5.74, 6) is 0.100. The molecule has 0 saturated heterocycles. The predicted molar refractivity (Wildman–Crippen MR) is 87.9 cm³/mol. The van der Waals surface area contributed by atoms with Crippen LogP contribution in [0.25, 0.3) is 0 Å². The molecule has 22 heavy (non-hydrogen) atoms. The lowest BCUT2D eigenvalue weighted by Crippen LogP contribution is -2.32. The van der Waals surface area contributed by atoms with Gasteiger partial charge in [-0.05, 0) is 18.4 Å². The number of hydrogen-bond donors (Lipinski definition) is 1. The van der Waals surface area contributed by atoms with Gasteiger partial charge in [0.15, 0.2) is 0 Å². The van der Waals surface area contributed by atoms with Crippen LogP contribution in [0.5, 0.6) is 5.75 Å². The highest BCUT2D eigenvalue weighted by Crippen LogP contribution is 2.18. The quantitative estimate of drug-likeness (QED) is 0.693. The molecule has 0 aliphatic carbocycles. The Labute approximate surface area is 132 Å². The van der Waals surface area contributed by atoms with Gasteiger partial charge < -0.3 is 5.11 Å². The van der Waals surface area contributed by atoms with Gasteiger partial charge in [-0.3, -0.25) is 4.79 Å². The molecule has 6 nitrogen and oxygen atoms in total. The summed E-state index contributed by atoms with van der Waals surface area (Å²) < 4.78 is 1.21. The molecular weight excluding hydrogens is 300 g/mol. The number of phenols is 1. The fourth-order valence-electron chi connectivity index (χ4n) is 1.78. The first-order valence-corrected chi connectivity index (χ1v) is 7.93. The van der Waals surface area contributed by atoms with E-state index in [2.05, 4.69) is 15.3 Å². The van der Waals surface area contributed by atoms with Crippen LogP contribution >= 0.6 is 11.8 Å². The molecule has 1 heterocycles. The number of thioether (sulfide) groups is 1. The fraction of sp³-hybridized carbons (Fsp3) is 0.333. The molecule has 1 aromatic carbocycles. The van der Waals surface area contributed by atoms with Crippen molar-refractivity contribution in [3.63, 3.8) is 0 Å². The SMILES string of the molecule is CSc1nnc(C(C)(C)C)c(=O)n1/N=C\c1ccccc1O. The normalized spacial score (nSPS) is 12.0. The molecule has 0 spiro atoms. The van der Waals surface area contributed by atoms with E-state index in [0.717, 1.165) is 0 Å². The maximum Gasteiger partial charge on any atom is 0.297 e. The molecule has 7 heteroatoms. The van der Waals surface area contributed by atoms with Crippen molar-refractivity contribution < 1.29 is 5.11 Å². The lowest BCUT2D eigenvalue weighted by atomic mass is 9.93. The van der Waals surface area contributed by atoms with E-state index in [9.17, 15) is 9.90 Å². The Morgan fingerprint density at radius 1 is 1.27 bits per heavy atom. The third-order valence-electron chi connectivity index (χ3n) is 2.95. The van der Waals surface area contributed by atoms with Crippen molar-refractivity contribution in [2.45, 2.75) is 31.3 Å². The van der Waals surface area contributed by atoms with Crippen molar-refractivity contribution in [1.29, 1.82) is 0 Å². The number of hydrogen-bond acceptors (Lipinski definition) is 6. The summed E-state index contributed by atoms with van der Waals surface area (Å²) in [5, 5.41) is 22.4. The first-order chi connectivity index (χ1) is 10.3. The zero-order valence-corrected chi connectivity index (χ0v) is 13.8. The van der Waals surface area contributed by atoms with Crippen LogP contribution < -0.4 is 5.56 Å². The van der Waals surface area contributed by atoms with E-state index in [4.69, 9.17) is 0 Å². The lowest BCUT2D eigenvalue weighted by molar-refractivity contribution is 0.474. The molecular formula is C15H18N4O2S. The number of nitrogens with zero attached hydrogens (tertiary/aromatic N) is 4. The zero-order chi connectivity index (χ0) is 16.3. The summed E-state index contributed by atoms with van der Waals surface area (Å²) in [5.41, 5.74) is 0.140. The van der Waals surface area contributed by atoms with Crippen molar-refractivity contribution in [2.75, 3.05) is 6.26 Å². The molecule has 0 radical (unpaired) electrons. The molecule has 0 saturated carbocycles. The fourth-order valence-corrected chi connectivity index (χ4v) is 2.21. The Balaban J connectivity index is 2.55. The average Bonchev–Trinajstić information content (AvgIpc) is 2.45. The van der Waals surface area contributed by atoms with Crippen LogP contribution in [-0.2, 0) is 5.41 Å². The largest absolute Gasteiger partial charge is 0.507 e. The Hall–Kier alpha value is -2.15. The molecule has 0 unspecified atom stereocenters. The third kappa shape index (κ3) is 3.36. The second-order valence-electron chi connectivity index (χ2n) is 5.71. The maximum absolute atomic E-state index is 12.6. The minimum atomic E-state index is -0.423. The molecule has 2 aromatic rings. The standard InChI is InChI=1S/C15H18N4O2S/c1-15(2,3)12-13(21)19(14(22-4)18-17-12)16-9-10-7-5-6-8-11(10)20/h5-9,20H,1-4H3/b16-9-. The van der Waals surface area contributed by atoms with Crippen LogP contribution in [0, 0.1) is 0 Å². The third-order valence-corrected chi connectivity index (χ3v) is 3.57. The van der Waals surface area contributed by atoms with Crippen molar-refractivity contribution >= 4 is 18.0 Å². The lowest BCUT2D eigenvalue weighted by Gasteiger charge is -2.16. The summed E-state index contributed by atoms with van der Waals surface area (Å²) in [6, 6.07) is 6.77. The Bertz CT molecular complexity index is 763. The van der Waals surface area contributed by atoms with Gasteiger partial charge in [-0.25, -0.2) is 0 Å². The topological polar surface area (TPSA) is 80.4 Å². The van der Waals surface area contributed by atoms with Gasteiger partial charge in [-0.15, -0.1) is 10.2 Å². The molecule has 1 aromatic heterocycles. The van der Waals surface area contributed by atoms with Crippen LogP contribution in [-0.4, -0.2) is 32.5 Å². The smallest absolute Gasteiger partial charge is 0.297 e. The molecule has 0 amide bonds. The Morgan fingerprint density at radius 3 is 2.55 bits per heavy atom. The van der Waals surface area contributed by atoms with Crippen LogP contribution in [0.4, 0.5) is 0 Å². The van der Waals surface area contributed by atoms with Crippen LogP contribution in [0.15, 0.2) is 39.3 Å². The second kappa shape index (κ2) is 6.31. The van der Waals surface area contributed by atoms with E-state index in [0.29, 0.717) is 16.4 Å². The van der Waals surface area contributed by atoms with E-state index < -0.39 is 5.41 Å². The molecule has 0 bridgehead atoms. The summed E-state index contributed by atoms with van der Waals surface area (Å²) in [6.07, 6.45) is 3.23. The van der Waals surface area contributed by atoms with Crippen molar-refractivity contribution in [3.8, 4) is 5.75 Å². The number of phenolic OH excluding ortho intramolecular Hbond substituents is 1.